The summed E-state index contributed by atoms with van der Waals surface area (Å²) in [5.74, 6) is 0.518. The lowest BCUT2D eigenvalue weighted by molar-refractivity contribution is -0.136. The summed E-state index contributed by atoms with van der Waals surface area (Å²) < 4.78 is 5.50. The normalized spacial score (nSPS) is 27.4. The van der Waals surface area contributed by atoms with Gasteiger partial charge in [0.2, 0.25) is 5.91 Å². The van der Waals surface area contributed by atoms with Crippen LogP contribution in [-0.2, 0) is 14.3 Å². The lowest BCUT2D eigenvalue weighted by Crippen LogP contribution is -2.53. The summed E-state index contributed by atoms with van der Waals surface area (Å²) in [6, 6.07) is -0.201. The lowest BCUT2D eigenvalue weighted by atomic mass is 9.65. The lowest BCUT2D eigenvalue weighted by Gasteiger charge is -2.42. The van der Waals surface area contributed by atoms with Crippen molar-refractivity contribution in [2.24, 2.45) is 17.3 Å². The van der Waals surface area contributed by atoms with Gasteiger partial charge in [-0.3, -0.25) is 19.4 Å². The Morgan fingerprint density at radius 1 is 1.15 bits per heavy atom. The monoisotopic (exact) mass is 478 g/mol. The van der Waals surface area contributed by atoms with Crippen molar-refractivity contribution in [3.8, 4) is 0 Å². The van der Waals surface area contributed by atoms with E-state index in [2.05, 4.69) is 50.2 Å². The van der Waals surface area contributed by atoms with Crippen LogP contribution in [0, 0.1) is 17.3 Å². The number of hydrogen-bond acceptors (Lipinski definition) is 5. The highest BCUT2D eigenvalue weighted by Crippen LogP contribution is 2.45. The van der Waals surface area contributed by atoms with E-state index in [1.54, 1.807) is 0 Å². The van der Waals surface area contributed by atoms with E-state index in [0.717, 1.165) is 50.1 Å². The summed E-state index contributed by atoms with van der Waals surface area (Å²) in [6.45, 7) is 14.6. The first-order valence-electron chi connectivity index (χ1n) is 13.4. The van der Waals surface area contributed by atoms with E-state index in [1.807, 2.05) is 0 Å². The Hall–Kier alpha value is -1.67. The minimum absolute atomic E-state index is 0.213. The van der Waals surface area contributed by atoms with Crippen LogP contribution in [-0.4, -0.2) is 78.6 Å². The molecule has 1 aliphatic carbocycles. The smallest absolute Gasteiger partial charge is 0.325 e. The van der Waals surface area contributed by atoms with Crippen molar-refractivity contribution in [3.05, 3.63) is 0 Å². The number of amides is 4. The van der Waals surface area contributed by atoms with E-state index in [1.165, 1.54) is 0 Å². The number of nitrogens with one attached hydrogen (secondary N) is 2. The maximum absolute atomic E-state index is 13.3. The third-order valence-electron chi connectivity index (χ3n) is 9.02. The second-order valence-electron chi connectivity index (χ2n) is 11.1. The number of nitrogens with zero attached hydrogens (tertiary/aromatic N) is 2. The molecule has 34 heavy (non-hydrogen) atoms. The van der Waals surface area contributed by atoms with Crippen molar-refractivity contribution in [3.63, 3.8) is 0 Å². The van der Waals surface area contributed by atoms with Crippen molar-refractivity contribution in [2.75, 3.05) is 39.4 Å². The summed E-state index contributed by atoms with van der Waals surface area (Å²) in [4.78, 5) is 42.4. The van der Waals surface area contributed by atoms with Gasteiger partial charge in [0.25, 0.3) is 5.91 Å². The van der Waals surface area contributed by atoms with E-state index in [-0.39, 0.29) is 29.8 Å². The Morgan fingerprint density at radius 3 is 2.32 bits per heavy atom. The van der Waals surface area contributed by atoms with Crippen molar-refractivity contribution >= 4 is 17.8 Å². The number of carbonyl (C=O) groups excluding carboxylic acids is 3. The Kier molecular flexibility index (Phi) is 9.01. The van der Waals surface area contributed by atoms with E-state index < -0.39 is 11.6 Å². The van der Waals surface area contributed by atoms with Crippen LogP contribution in [0.3, 0.4) is 0 Å². The molecule has 0 aromatic carbocycles. The van der Waals surface area contributed by atoms with Gasteiger partial charge in [-0.15, -0.1) is 0 Å². The first-order valence-corrected chi connectivity index (χ1v) is 13.4. The highest BCUT2D eigenvalue weighted by molar-refractivity contribution is 6.09. The molecule has 1 saturated carbocycles. The van der Waals surface area contributed by atoms with Crippen LogP contribution in [0.2, 0.25) is 0 Å². The van der Waals surface area contributed by atoms with Gasteiger partial charge in [0, 0.05) is 25.7 Å². The maximum Gasteiger partial charge on any atom is 0.325 e. The maximum atomic E-state index is 13.3. The SMILES string of the molecule is CCC(CC)C(CNC(=O)CN1C(=O)NC2(CCC(C(C)(C)CC)CC2)C1=O)N1CCOCC1. The van der Waals surface area contributed by atoms with Gasteiger partial charge in [0.1, 0.15) is 12.1 Å². The molecule has 3 rings (SSSR count). The van der Waals surface area contributed by atoms with Crippen molar-refractivity contribution in [1.82, 2.24) is 20.4 Å². The number of rotatable bonds is 10. The van der Waals surface area contributed by atoms with Crippen LogP contribution in [0.1, 0.15) is 79.6 Å². The van der Waals surface area contributed by atoms with Gasteiger partial charge in [-0.2, -0.15) is 0 Å². The Morgan fingerprint density at radius 2 is 1.76 bits per heavy atom. The molecule has 0 aromatic rings. The zero-order valence-electron chi connectivity index (χ0n) is 22.0. The molecule has 0 radical (unpaired) electrons. The van der Waals surface area contributed by atoms with Crippen LogP contribution in [0.25, 0.3) is 0 Å². The van der Waals surface area contributed by atoms with E-state index in [0.29, 0.717) is 44.4 Å². The molecule has 0 aromatic heterocycles. The predicted octanol–water partition coefficient (Wildman–Crippen LogP) is 3.16. The second kappa shape index (κ2) is 11.4. The molecule has 1 spiro atoms. The van der Waals surface area contributed by atoms with Gasteiger partial charge in [0.15, 0.2) is 0 Å². The topological polar surface area (TPSA) is 91.0 Å². The summed E-state index contributed by atoms with van der Waals surface area (Å²) in [7, 11) is 0. The Bertz CT molecular complexity index is 722. The number of carbonyl (C=O) groups is 3. The van der Waals surface area contributed by atoms with Gasteiger partial charge >= 0.3 is 6.03 Å². The minimum Gasteiger partial charge on any atom is -0.379 e. The zero-order chi connectivity index (χ0) is 24.9. The standard InChI is InChI=1S/C26H46N4O4/c1-6-19(7-2)21(29-13-15-34-16-14-29)17-27-22(31)18-30-23(32)26(28-24(30)33)11-9-20(10-12-26)25(4,5)8-3/h19-21H,6-18H2,1-5H3,(H,27,31)(H,28,33). The average Bonchev–Trinajstić information content (AvgIpc) is 3.06. The van der Waals surface area contributed by atoms with E-state index in [9.17, 15) is 14.4 Å². The fraction of sp³-hybridized carbons (Fsp3) is 0.885. The number of urea groups is 1. The Labute approximate surface area is 205 Å². The first-order chi connectivity index (χ1) is 16.2. The quantitative estimate of drug-likeness (QED) is 0.471. The average molecular weight is 479 g/mol. The fourth-order valence-corrected chi connectivity index (χ4v) is 6.09. The van der Waals surface area contributed by atoms with E-state index >= 15 is 0 Å². The first kappa shape index (κ1) is 26.9. The highest BCUT2D eigenvalue weighted by atomic mass is 16.5. The molecule has 2 aliphatic heterocycles. The van der Waals surface area contributed by atoms with Crippen LogP contribution >= 0.6 is 0 Å². The summed E-state index contributed by atoms with van der Waals surface area (Å²) in [5.41, 5.74) is -0.595. The van der Waals surface area contributed by atoms with Crippen LogP contribution in [0.5, 0.6) is 0 Å². The van der Waals surface area contributed by atoms with Crippen LogP contribution in [0.15, 0.2) is 0 Å². The zero-order valence-corrected chi connectivity index (χ0v) is 22.0. The third kappa shape index (κ3) is 5.76. The number of hydrogen-bond donors (Lipinski definition) is 2. The van der Waals surface area contributed by atoms with Crippen molar-refractivity contribution < 1.29 is 19.1 Å². The largest absolute Gasteiger partial charge is 0.379 e. The number of ether oxygens (including phenoxy) is 1. The minimum atomic E-state index is -0.830. The van der Waals surface area contributed by atoms with Gasteiger partial charge in [0.05, 0.1) is 13.2 Å². The van der Waals surface area contributed by atoms with Crippen molar-refractivity contribution in [2.45, 2.75) is 91.1 Å². The molecule has 8 nitrogen and oxygen atoms in total. The number of imide groups is 1. The van der Waals surface area contributed by atoms with E-state index in [4.69, 9.17) is 4.74 Å². The Balaban J connectivity index is 1.57. The van der Waals surface area contributed by atoms with Gasteiger partial charge in [-0.1, -0.05) is 53.9 Å². The number of morpholine rings is 1. The van der Waals surface area contributed by atoms with Gasteiger partial charge < -0.3 is 15.4 Å². The molecule has 4 amide bonds. The summed E-state index contributed by atoms with van der Waals surface area (Å²) in [5, 5.41) is 5.98. The van der Waals surface area contributed by atoms with Crippen molar-refractivity contribution in [1.29, 1.82) is 0 Å². The van der Waals surface area contributed by atoms with Crippen LogP contribution in [0.4, 0.5) is 4.79 Å². The fourth-order valence-electron chi connectivity index (χ4n) is 6.09. The molecule has 2 saturated heterocycles. The molecule has 1 atom stereocenters. The molecule has 2 heterocycles. The second-order valence-corrected chi connectivity index (χ2v) is 11.1. The predicted molar refractivity (Wildman–Crippen MR) is 132 cm³/mol. The third-order valence-corrected chi connectivity index (χ3v) is 9.02. The molecule has 3 aliphatic rings. The summed E-state index contributed by atoms with van der Waals surface area (Å²) in [6.07, 6.45) is 6.32. The molecule has 2 N–H and O–H groups in total. The molecule has 1 unspecified atom stereocenters. The molecular weight excluding hydrogens is 432 g/mol. The van der Waals surface area contributed by atoms with Crippen LogP contribution < -0.4 is 10.6 Å². The van der Waals surface area contributed by atoms with Gasteiger partial charge in [-0.25, -0.2) is 4.79 Å². The molecular formula is C26H46N4O4. The highest BCUT2D eigenvalue weighted by Gasteiger charge is 2.53. The summed E-state index contributed by atoms with van der Waals surface area (Å²) >= 11 is 0. The molecule has 0 bridgehead atoms. The van der Waals surface area contributed by atoms with Gasteiger partial charge in [-0.05, 0) is 42.9 Å². The molecule has 3 fully saturated rings. The molecule has 194 valence electrons. The molecule has 8 heteroatoms.